The van der Waals surface area contributed by atoms with Gasteiger partial charge in [-0.15, -0.1) is 0 Å². The third kappa shape index (κ3) is 11.0. The van der Waals surface area contributed by atoms with Crippen molar-refractivity contribution in [1.82, 2.24) is 53.6 Å². The van der Waals surface area contributed by atoms with Crippen LogP contribution in [0.15, 0.2) is 34.9 Å². The van der Waals surface area contributed by atoms with Crippen molar-refractivity contribution in [2.45, 2.75) is 73.6 Å². The molecule has 0 bridgehead atoms. The molecule has 9 rings (SSSR count). The van der Waals surface area contributed by atoms with Crippen molar-refractivity contribution < 1.29 is 108 Å². The van der Waals surface area contributed by atoms with Gasteiger partial charge in [-0.3, -0.25) is 51.4 Å². The second kappa shape index (κ2) is 20.9. The van der Waals surface area contributed by atoms with Gasteiger partial charge in [-0.2, -0.15) is 13.6 Å². The number of aliphatic hydroxyl groups excluding tert-OH is 3. The Morgan fingerprint density at radius 2 is 1.21 bits per heavy atom. The van der Waals surface area contributed by atoms with Gasteiger partial charge in [0, 0.05) is 14.2 Å². The van der Waals surface area contributed by atoms with Crippen LogP contribution < -0.4 is 32.9 Å². The highest BCUT2D eigenvalue weighted by Gasteiger charge is 2.54. The van der Waals surface area contributed by atoms with Crippen molar-refractivity contribution in [2.24, 2.45) is 7.05 Å². The zero-order valence-corrected chi connectivity index (χ0v) is 42.5. The molecule has 3 saturated heterocycles. The van der Waals surface area contributed by atoms with Gasteiger partial charge in [0.1, 0.15) is 66.8 Å². The van der Waals surface area contributed by atoms with E-state index in [2.05, 4.69) is 48.5 Å². The number of phosphoric ester groups is 3. The number of aromatic amines is 2. The molecule has 3 aliphatic rings. The SMILES string of the molecule is COC1C(O)C(COP(=O)(O)OC2C(OC)[C@H](n3cnc4c(N)ncnc43)O[C@@H]2COP(=O)(O)OP(=O)(O)OP(=O)(O)OC[C@H]2O[C@@H]([n+]3cn(C)c4c(=O)[nH]c(N)nc43)C(O)C2O)O[C@H]1n1cnc2c(=O)[nH]c(N)nc21. The maximum Gasteiger partial charge on any atom is 0.490 e. The fraction of sp³-hybridized carbons (Fsp3) is 0.545. The molecule has 0 radical (unpaired) electrons. The molecule has 9 heterocycles. The van der Waals surface area contributed by atoms with Crippen LogP contribution in [0.5, 0.6) is 0 Å². The van der Waals surface area contributed by atoms with Gasteiger partial charge in [0.05, 0.1) is 39.5 Å². The molecule has 3 fully saturated rings. The lowest BCUT2D eigenvalue weighted by Gasteiger charge is -2.26. The minimum Gasteiger partial charge on any atom is -0.387 e. The fourth-order valence-corrected chi connectivity index (χ4v) is 13.0. The highest BCUT2D eigenvalue weighted by molar-refractivity contribution is 7.66. The molecule has 0 aromatic carbocycles. The Morgan fingerprint density at radius 1 is 0.658 bits per heavy atom. The van der Waals surface area contributed by atoms with Crippen LogP contribution in [-0.2, 0) is 75.7 Å². The van der Waals surface area contributed by atoms with Crippen LogP contribution in [0.25, 0.3) is 33.5 Å². The molecule has 76 heavy (non-hydrogen) atoms. The first kappa shape index (κ1) is 55.6. The highest BCUT2D eigenvalue weighted by Crippen LogP contribution is 2.68. The average molecular weight is 1160 g/mol. The van der Waals surface area contributed by atoms with Crippen LogP contribution >= 0.6 is 31.3 Å². The van der Waals surface area contributed by atoms with Gasteiger partial charge in [-0.25, -0.2) is 42.8 Å². The maximum absolute atomic E-state index is 13.8. The molecule has 6 aromatic heterocycles. The number of hydrogen-bond acceptors (Lipinski definition) is 29. The van der Waals surface area contributed by atoms with Crippen molar-refractivity contribution in [1.29, 1.82) is 0 Å². The van der Waals surface area contributed by atoms with Crippen molar-refractivity contribution >= 4 is 82.5 Å². The first-order chi connectivity index (χ1) is 35.7. The van der Waals surface area contributed by atoms with E-state index in [1.807, 2.05) is 0 Å². The summed E-state index contributed by atoms with van der Waals surface area (Å²) in [4.78, 5) is 96.2. The number of hydrogen-bond donors (Lipinski definition) is 12. The Bertz CT molecular complexity index is 3490. The maximum atomic E-state index is 13.8. The number of aromatic nitrogens is 12. The fourth-order valence-electron chi connectivity index (χ4n) is 8.53. The Labute approximate surface area is 421 Å². The predicted molar refractivity (Wildman–Crippen MR) is 244 cm³/mol. The van der Waals surface area contributed by atoms with Crippen LogP contribution in [0.3, 0.4) is 0 Å². The molecular weight excluding hydrogens is 1110 g/mol. The summed E-state index contributed by atoms with van der Waals surface area (Å²) in [5.41, 5.74) is 15.7. The molecule has 3 aliphatic heterocycles. The number of anilines is 3. The Morgan fingerprint density at radius 3 is 1.87 bits per heavy atom. The van der Waals surface area contributed by atoms with E-state index in [0.29, 0.717) is 0 Å². The molecule has 0 spiro atoms. The van der Waals surface area contributed by atoms with E-state index in [9.17, 15) is 62.7 Å². The molecular formula is C33H46N15O24P4+. The molecule has 0 saturated carbocycles. The van der Waals surface area contributed by atoms with Gasteiger partial charge in [-0.05, 0) is 0 Å². The number of aliphatic hydroxyl groups is 3. The zero-order valence-electron chi connectivity index (χ0n) is 38.9. The summed E-state index contributed by atoms with van der Waals surface area (Å²) in [7, 11) is -19.6. The summed E-state index contributed by atoms with van der Waals surface area (Å²) in [5, 5.41) is 32.6. The molecule has 0 aliphatic carbocycles. The number of fused-ring (bicyclic) bond motifs is 3. The van der Waals surface area contributed by atoms with Gasteiger partial charge >= 0.3 is 36.9 Å². The van der Waals surface area contributed by atoms with Crippen LogP contribution in [0.2, 0.25) is 0 Å². The number of aryl methyl sites for hydroxylation is 1. The normalized spacial score (nSPS) is 30.2. The lowest BCUT2D eigenvalue weighted by molar-refractivity contribution is -0.745. The van der Waals surface area contributed by atoms with Crippen LogP contribution in [-0.4, -0.2) is 177 Å². The van der Waals surface area contributed by atoms with Gasteiger partial charge in [-0.1, -0.05) is 4.98 Å². The average Bonchev–Trinajstić information content (AvgIpc) is 4.21. The summed E-state index contributed by atoms with van der Waals surface area (Å²) >= 11 is 0. The molecule has 43 heteroatoms. The van der Waals surface area contributed by atoms with Gasteiger partial charge in [0.2, 0.25) is 17.7 Å². The summed E-state index contributed by atoms with van der Waals surface area (Å²) in [6.45, 7) is -3.29. The van der Waals surface area contributed by atoms with E-state index in [1.54, 1.807) is 0 Å². The summed E-state index contributed by atoms with van der Waals surface area (Å²) < 4.78 is 115. The molecule has 16 atom stereocenters. The third-order valence-electron chi connectivity index (χ3n) is 11.8. The molecule has 6 aromatic rings. The molecule has 0 amide bonds. The minimum atomic E-state index is -6.20. The first-order valence-electron chi connectivity index (χ1n) is 21.5. The number of imidazole rings is 3. The smallest absolute Gasteiger partial charge is 0.387 e. The summed E-state index contributed by atoms with van der Waals surface area (Å²) in [5.74, 6) is -0.657. The quantitative estimate of drug-likeness (QED) is 0.0256. The summed E-state index contributed by atoms with van der Waals surface area (Å²) in [6, 6.07) is 0. The number of ether oxygens (including phenoxy) is 5. The van der Waals surface area contributed by atoms with E-state index in [-0.39, 0.29) is 51.2 Å². The lowest BCUT2D eigenvalue weighted by Crippen LogP contribution is -2.46. The second-order valence-corrected chi connectivity index (χ2v) is 22.7. The Hall–Kier alpha value is -5.15. The van der Waals surface area contributed by atoms with Crippen LogP contribution in [0.4, 0.5) is 17.7 Å². The second-order valence-electron chi connectivity index (χ2n) is 16.7. The van der Waals surface area contributed by atoms with Gasteiger partial charge in [0.25, 0.3) is 17.1 Å². The highest BCUT2D eigenvalue weighted by atomic mass is 31.3. The topological polar surface area (TPSA) is 551 Å². The lowest BCUT2D eigenvalue weighted by atomic mass is 10.1. The van der Waals surface area contributed by atoms with E-state index in [1.165, 1.54) is 34.2 Å². The van der Waals surface area contributed by atoms with Gasteiger partial charge in [0.15, 0.2) is 41.4 Å². The molecule has 11 unspecified atom stereocenters. The monoisotopic (exact) mass is 1160 g/mol. The van der Waals surface area contributed by atoms with E-state index in [0.717, 1.165) is 30.7 Å². The number of phosphoric acid groups is 4. The Balaban J connectivity index is 0.867. The number of nitrogens with zero attached hydrogens (tertiary/aromatic N) is 10. The van der Waals surface area contributed by atoms with Crippen molar-refractivity contribution in [3.63, 3.8) is 0 Å². The number of nitrogens with one attached hydrogen (secondary N) is 2. The van der Waals surface area contributed by atoms with Crippen molar-refractivity contribution in [3.05, 3.63) is 46.0 Å². The largest absolute Gasteiger partial charge is 0.490 e. The third-order valence-corrected chi connectivity index (χ3v) is 17.0. The summed E-state index contributed by atoms with van der Waals surface area (Å²) in [6.07, 6.45) is -14.4. The number of nitrogens with two attached hydrogens (primary N) is 3. The van der Waals surface area contributed by atoms with E-state index >= 15 is 0 Å². The number of methoxy groups -OCH3 is 2. The number of nitrogen functional groups attached to an aromatic ring is 3. The van der Waals surface area contributed by atoms with Crippen LogP contribution in [0.1, 0.15) is 18.7 Å². The predicted octanol–water partition coefficient (Wildman–Crippen LogP) is -4.06. The van der Waals surface area contributed by atoms with E-state index in [4.69, 9.17) is 59.0 Å². The molecule has 15 N–H and O–H groups in total. The van der Waals surface area contributed by atoms with Crippen LogP contribution in [0, 0.1) is 0 Å². The minimum absolute atomic E-state index is 0.0191. The van der Waals surface area contributed by atoms with E-state index < -0.39 is 136 Å². The number of rotatable bonds is 20. The van der Waals surface area contributed by atoms with Crippen molar-refractivity contribution in [3.8, 4) is 0 Å². The molecule has 416 valence electrons. The first-order valence-corrected chi connectivity index (χ1v) is 27.5. The number of H-pyrrole nitrogens is 2. The molecule has 39 nitrogen and oxygen atoms in total. The Kier molecular flexibility index (Phi) is 15.3. The zero-order chi connectivity index (χ0) is 55.0. The van der Waals surface area contributed by atoms with Crippen molar-refractivity contribution in [2.75, 3.05) is 51.2 Å². The standard InChI is InChI=1S/C33H45N15O24P4/c1-45-10-48(26-16(45)28(53)44-33(36)42-26)29-19(51)17(49)11(67-29)4-65-74(56,57)71-76(60,61)72-75(58,59)66-6-13-20(22(63-3)31(69-13)46-8-39-14-23(34)37-7-38-24(14)46)70-73(54,55)64-5-12-18(50)21(62-2)30(68-12)47-9-40-15-25(47)41-32(35)43-27(15)52/h7-13,17-22,29-31,49-51H,4-6H2,1-3H3,(H11-,34,35,36,37,38,41,42,43,44,52,53,54,55,56,57,58,59,60,61)/p+1/t11-,12?,13-,17?,18?,19?,20?,21?,22?,29-,30-,31-/m1/s1. The van der Waals surface area contributed by atoms with Gasteiger partial charge < -0.3 is 75.8 Å².